The van der Waals surface area contributed by atoms with Gasteiger partial charge in [-0.15, -0.1) is 0 Å². The summed E-state index contributed by atoms with van der Waals surface area (Å²) in [6, 6.07) is 74.1. The molecule has 1 aromatic heterocycles. The highest BCUT2D eigenvalue weighted by Gasteiger charge is 2.15. The first-order chi connectivity index (χ1) is 27.7. The Morgan fingerprint density at radius 1 is 0.250 bits per heavy atom. The van der Waals surface area contributed by atoms with Crippen molar-refractivity contribution >= 4 is 53.9 Å². The molecule has 10 aromatic carbocycles. The van der Waals surface area contributed by atoms with Crippen LogP contribution in [0.15, 0.2) is 206 Å². The molecule has 11 aromatic rings. The van der Waals surface area contributed by atoms with E-state index in [2.05, 4.69) is 188 Å². The van der Waals surface area contributed by atoms with E-state index in [1.54, 1.807) is 0 Å². The summed E-state index contributed by atoms with van der Waals surface area (Å²) in [5, 5.41) is 12.5. The van der Waals surface area contributed by atoms with E-state index < -0.39 is 0 Å². The summed E-state index contributed by atoms with van der Waals surface area (Å²) in [4.78, 5) is 10.2. The molecular formula is C54H34N2. The lowest BCUT2D eigenvalue weighted by Gasteiger charge is -2.15. The molecule has 56 heavy (non-hydrogen) atoms. The molecule has 0 radical (unpaired) electrons. The first-order valence-corrected chi connectivity index (χ1v) is 19.1. The minimum atomic E-state index is 0.717. The Labute approximate surface area is 325 Å². The Morgan fingerprint density at radius 3 is 1.62 bits per heavy atom. The molecule has 0 spiro atoms. The highest BCUT2D eigenvalue weighted by molar-refractivity contribution is 6.20. The molecule has 0 aliphatic carbocycles. The molecule has 260 valence electrons. The second-order valence-electron chi connectivity index (χ2n) is 14.6. The van der Waals surface area contributed by atoms with Crippen LogP contribution < -0.4 is 0 Å². The van der Waals surface area contributed by atoms with Crippen LogP contribution in [0.3, 0.4) is 0 Å². The van der Waals surface area contributed by atoms with Crippen molar-refractivity contribution in [1.82, 2.24) is 9.97 Å². The molecule has 0 fully saturated rings. The average Bonchev–Trinajstić information content (AvgIpc) is 3.28. The Morgan fingerprint density at radius 2 is 0.821 bits per heavy atom. The van der Waals surface area contributed by atoms with E-state index >= 15 is 0 Å². The van der Waals surface area contributed by atoms with Crippen molar-refractivity contribution in [1.29, 1.82) is 0 Å². The number of aromatic nitrogens is 2. The number of rotatable bonds is 5. The van der Waals surface area contributed by atoms with Crippen molar-refractivity contribution in [2.24, 2.45) is 0 Å². The van der Waals surface area contributed by atoms with Crippen molar-refractivity contribution in [3.05, 3.63) is 206 Å². The van der Waals surface area contributed by atoms with Crippen LogP contribution in [0, 0.1) is 0 Å². The maximum Gasteiger partial charge on any atom is 0.160 e. The number of fused-ring (bicyclic) bond motifs is 6. The van der Waals surface area contributed by atoms with Crippen molar-refractivity contribution < 1.29 is 0 Å². The van der Waals surface area contributed by atoms with Crippen LogP contribution in [0.5, 0.6) is 0 Å². The van der Waals surface area contributed by atoms with Crippen molar-refractivity contribution in [2.45, 2.75) is 0 Å². The summed E-state index contributed by atoms with van der Waals surface area (Å²) in [5.74, 6) is 0.717. The fraction of sp³-hybridized carbons (Fsp3) is 0. The number of benzene rings is 10. The van der Waals surface area contributed by atoms with Gasteiger partial charge in [-0.3, -0.25) is 0 Å². The highest BCUT2D eigenvalue weighted by Crippen LogP contribution is 2.41. The van der Waals surface area contributed by atoms with E-state index in [-0.39, 0.29) is 0 Å². The SMILES string of the molecule is c1ccc(-c2nc(-c3ccc(-c4ccc5cc(-c6c7ccccc7cc7c6ccc6ccccc67)ccc5c4)cc3)cc(-c3cccc4ccccc34)n2)cc1. The average molecular weight is 711 g/mol. The molecule has 0 unspecified atom stereocenters. The Hall–Kier alpha value is -7.42. The van der Waals surface area contributed by atoms with Gasteiger partial charge in [-0.25, -0.2) is 9.97 Å². The van der Waals surface area contributed by atoms with E-state index in [1.807, 2.05) is 18.2 Å². The standard InChI is InChI=1S/C54H34N2/c1-2-13-39(14-3-1)54-55-51(34-52(56-54)48-20-10-16-36-11-4-7-17-45(36)48)38-23-21-35(22-24-38)40-25-26-42-32-44(28-27-41(42)31-40)53-47-19-9-6-15-43(47)33-50-46-18-8-5-12-37(46)29-30-49(50)53/h1-34H. The van der Waals surface area contributed by atoms with E-state index in [1.165, 1.54) is 76.1 Å². The zero-order valence-corrected chi connectivity index (χ0v) is 30.5. The third kappa shape index (κ3) is 5.51. The first-order valence-electron chi connectivity index (χ1n) is 19.1. The molecule has 0 atom stereocenters. The summed E-state index contributed by atoms with van der Waals surface area (Å²) in [6.45, 7) is 0. The third-order valence-electron chi connectivity index (χ3n) is 11.2. The molecule has 2 nitrogen and oxygen atoms in total. The Bertz CT molecular complexity index is 3290. The summed E-state index contributed by atoms with van der Waals surface area (Å²) < 4.78 is 0. The fourth-order valence-electron chi connectivity index (χ4n) is 8.44. The minimum absolute atomic E-state index is 0.717. The summed E-state index contributed by atoms with van der Waals surface area (Å²) >= 11 is 0. The van der Waals surface area contributed by atoms with Gasteiger partial charge in [0.05, 0.1) is 11.4 Å². The lowest BCUT2D eigenvalue weighted by molar-refractivity contribution is 1.18. The summed E-state index contributed by atoms with van der Waals surface area (Å²) in [6.07, 6.45) is 0. The summed E-state index contributed by atoms with van der Waals surface area (Å²) in [7, 11) is 0. The largest absolute Gasteiger partial charge is 0.228 e. The molecule has 2 heteroatoms. The van der Waals surface area contributed by atoms with Gasteiger partial charge in [0.15, 0.2) is 5.82 Å². The molecule has 11 rings (SSSR count). The lowest BCUT2D eigenvalue weighted by atomic mass is 9.89. The van der Waals surface area contributed by atoms with E-state index in [0.717, 1.165) is 28.1 Å². The van der Waals surface area contributed by atoms with Gasteiger partial charge in [-0.2, -0.15) is 0 Å². The van der Waals surface area contributed by atoms with E-state index in [4.69, 9.17) is 9.97 Å². The van der Waals surface area contributed by atoms with E-state index in [0.29, 0.717) is 5.82 Å². The van der Waals surface area contributed by atoms with Gasteiger partial charge in [0.2, 0.25) is 0 Å². The first kappa shape index (κ1) is 32.0. The number of nitrogens with zero attached hydrogens (tertiary/aromatic N) is 2. The molecule has 0 aliphatic rings. The molecule has 0 amide bonds. The fourth-order valence-corrected chi connectivity index (χ4v) is 8.44. The lowest BCUT2D eigenvalue weighted by Crippen LogP contribution is -1.96. The van der Waals surface area contributed by atoms with Crippen LogP contribution in [-0.4, -0.2) is 9.97 Å². The monoisotopic (exact) mass is 710 g/mol. The van der Waals surface area contributed by atoms with Crippen molar-refractivity contribution in [2.75, 3.05) is 0 Å². The zero-order valence-electron chi connectivity index (χ0n) is 30.5. The topological polar surface area (TPSA) is 25.8 Å². The van der Waals surface area contributed by atoms with Gasteiger partial charge in [-0.1, -0.05) is 182 Å². The molecule has 1 heterocycles. The summed E-state index contributed by atoms with van der Waals surface area (Å²) in [5.41, 5.74) is 9.82. The van der Waals surface area contributed by atoms with Crippen LogP contribution >= 0.6 is 0 Å². The van der Waals surface area contributed by atoms with Crippen LogP contribution in [0.25, 0.3) is 110 Å². The quantitative estimate of drug-likeness (QED) is 0.131. The minimum Gasteiger partial charge on any atom is -0.228 e. The second kappa shape index (κ2) is 13.2. The van der Waals surface area contributed by atoms with Gasteiger partial charge in [0.1, 0.15) is 0 Å². The number of hydrogen-bond donors (Lipinski definition) is 0. The van der Waals surface area contributed by atoms with Gasteiger partial charge < -0.3 is 0 Å². The zero-order chi connectivity index (χ0) is 37.0. The van der Waals surface area contributed by atoms with Crippen LogP contribution in [0.1, 0.15) is 0 Å². The highest BCUT2D eigenvalue weighted by atomic mass is 14.9. The van der Waals surface area contributed by atoms with Gasteiger partial charge in [0, 0.05) is 16.7 Å². The van der Waals surface area contributed by atoms with Crippen molar-refractivity contribution in [3.63, 3.8) is 0 Å². The Kier molecular flexibility index (Phi) is 7.53. The predicted molar refractivity (Wildman–Crippen MR) is 237 cm³/mol. The molecule has 0 bridgehead atoms. The normalized spacial score (nSPS) is 11.6. The Balaban J connectivity index is 0.970. The third-order valence-corrected chi connectivity index (χ3v) is 11.2. The predicted octanol–water partition coefficient (Wildman–Crippen LogP) is 14.6. The maximum absolute atomic E-state index is 5.10. The van der Waals surface area contributed by atoms with E-state index in [9.17, 15) is 0 Å². The van der Waals surface area contributed by atoms with Gasteiger partial charge in [-0.05, 0) is 100 Å². The van der Waals surface area contributed by atoms with Crippen LogP contribution in [0.4, 0.5) is 0 Å². The molecular weight excluding hydrogens is 677 g/mol. The molecule has 0 aliphatic heterocycles. The maximum atomic E-state index is 5.10. The van der Waals surface area contributed by atoms with Gasteiger partial charge in [0.25, 0.3) is 0 Å². The number of hydrogen-bond acceptors (Lipinski definition) is 2. The molecule has 0 N–H and O–H groups in total. The van der Waals surface area contributed by atoms with Crippen molar-refractivity contribution in [3.8, 4) is 56.2 Å². The van der Waals surface area contributed by atoms with Crippen LogP contribution in [-0.2, 0) is 0 Å². The second-order valence-corrected chi connectivity index (χ2v) is 14.6. The van der Waals surface area contributed by atoms with Crippen LogP contribution in [0.2, 0.25) is 0 Å². The molecule has 0 saturated heterocycles. The smallest absolute Gasteiger partial charge is 0.160 e. The molecule has 0 saturated carbocycles. The van der Waals surface area contributed by atoms with Gasteiger partial charge >= 0.3 is 0 Å².